The Bertz CT molecular complexity index is 478. The average Bonchev–Trinajstić information content (AvgIpc) is 2.89. The van der Waals surface area contributed by atoms with Crippen molar-refractivity contribution in [1.82, 2.24) is 9.55 Å². The summed E-state index contributed by atoms with van der Waals surface area (Å²) >= 11 is 7.54. The highest BCUT2D eigenvalue weighted by Gasteiger charge is 2.10. The van der Waals surface area contributed by atoms with Gasteiger partial charge in [-0.3, -0.25) is 0 Å². The normalized spacial score (nSPS) is 12.6. The van der Waals surface area contributed by atoms with E-state index in [1.165, 1.54) is 4.88 Å². The fourth-order valence-corrected chi connectivity index (χ4v) is 2.76. The Morgan fingerprint density at radius 3 is 3.00 bits per heavy atom. The Labute approximate surface area is 110 Å². The molecule has 1 unspecified atom stereocenters. The van der Waals surface area contributed by atoms with Crippen LogP contribution >= 0.6 is 22.9 Å². The molecule has 0 aliphatic rings. The van der Waals surface area contributed by atoms with Crippen LogP contribution in [0.5, 0.6) is 0 Å². The number of anilines is 1. The summed E-state index contributed by atoms with van der Waals surface area (Å²) < 4.78 is 2.96. The molecular weight excluding hydrogens is 254 g/mol. The molecule has 0 saturated carbocycles. The fraction of sp³-hybridized carbons (Fsp3) is 0.417. The van der Waals surface area contributed by atoms with Crippen LogP contribution < -0.4 is 5.32 Å². The number of thiophene rings is 1. The molecule has 1 atom stereocenters. The summed E-state index contributed by atoms with van der Waals surface area (Å²) in [6, 6.07) is 4.21. The lowest BCUT2D eigenvalue weighted by Crippen LogP contribution is -2.10. The van der Waals surface area contributed by atoms with Crippen molar-refractivity contribution in [1.29, 1.82) is 0 Å². The first kappa shape index (κ1) is 12.5. The van der Waals surface area contributed by atoms with Crippen LogP contribution in [0.15, 0.2) is 24.5 Å². The number of aromatic nitrogens is 2. The van der Waals surface area contributed by atoms with Gasteiger partial charge in [-0.15, -0.1) is 11.3 Å². The van der Waals surface area contributed by atoms with E-state index in [1.54, 1.807) is 11.3 Å². The van der Waals surface area contributed by atoms with Gasteiger partial charge in [0.05, 0.1) is 10.4 Å². The molecule has 92 valence electrons. The first-order chi connectivity index (χ1) is 8.20. The van der Waals surface area contributed by atoms with Gasteiger partial charge in [0.15, 0.2) is 0 Å². The molecule has 17 heavy (non-hydrogen) atoms. The van der Waals surface area contributed by atoms with Crippen molar-refractivity contribution >= 4 is 28.9 Å². The molecule has 0 bridgehead atoms. The van der Waals surface area contributed by atoms with Gasteiger partial charge in [-0.1, -0.05) is 18.5 Å². The standard InChI is InChI=1S/C12H16ClN3S/c1-3-7-16-8-6-14-12(16)15-9(2)10-4-5-11(13)17-10/h4-6,8-9H,3,7H2,1-2H3,(H,14,15). The SMILES string of the molecule is CCCn1ccnc1NC(C)c1ccc(Cl)s1. The summed E-state index contributed by atoms with van der Waals surface area (Å²) in [4.78, 5) is 5.55. The van der Waals surface area contributed by atoms with E-state index in [4.69, 9.17) is 11.6 Å². The van der Waals surface area contributed by atoms with Gasteiger partial charge < -0.3 is 9.88 Å². The molecule has 2 aromatic rings. The summed E-state index contributed by atoms with van der Waals surface area (Å²) in [6.45, 7) is 5.26. The minimum absolute atomic E-state index is 0.227. The number of aryl methyl sites for hydroxylation is 1. The van der Waals surface area contributed by atoms with Gasteiger partial charge in [0, 0.05) is 23.8 Å². The molecular formula is C12H16ClN3S. The highest BCUT2D eigenvalue weighted by Crippen LogP contribution is 2.28. The number of imidazole rings is 1. The zero-order chi connectivity index (χ0) is 12.3. The molecule has 0 aliphatic carbocycles. The number of hydrogen-bond donors (Lipinski definition) is 1. The van der Waals surface area contributed by atoms with Crippen LogP contribution in [0, 0.1) is 0 Å². The second-order valence-electron chi connectivity index (χ2n) is 3.95. The van der Waals surface area contributed by atoms with E-state index in [2.05, 4.69) is 34.8 Å². The number of nitrogens with zero attached hydrogens (tertiary/aromatic N) is 2. The highest BCUT2D eigenvalue weighted by molar-refractivity contribution is 7.16. The third-order valence-electron chi connectivity index (χ3n) is 2.55. The molecule has 0 amide bonds. The van der Waals surface area contributed by atoms with Gasteiger partial charge in [-0.25, -0.2) is 4.98 Å². The average molecular weight is 270 g/mol. The van der Waals surface area contributed by atoms with Crippen LogP contribution in [-0.4, -0.2) is 9.55 Å². The minimum Gasteiger partial charge on any atom is -0.348 e. The second-order valence-corrected chi connectivity index (χ2v) is 5.70. The Morgan fingerprint density at radius 2 is 2.35 bits per heavy atom. The Balaban J connectivity index is 2.07. The number of hydrogen-bond acceptors (Lipinski definition) is 3. The molecule has 0 fully saturated rings. The van der Waals surface area contributed by atoms with Gasteiger partial charge in [0.2, 0.25) is 5.95 Å². The lowest BCUT2D eigenvalue weighted by Gasteiger charge is -2.14. The van der Waals surface area contributed by atoms with Crippen LogP contribution in [-0.2, 0) is 6.54 Å². The van der Waals surface area contributed by atoms with Crippen molar-refractivity contribution in [3.05, 3.63) is 33.7 Å². The Hall–Kier alpha value is -1.000. The molecule has 2 rings (SSSR count). The predicted octanol–water partition coefficient (Wildman–Crippen LogP) is 4.18. The molecule has 0 spiro atoms. The zero-order valence-electron chi connectivity index (χ0n) is 9.98. The van der Waals surface area contributed by atoms with Crippen LogP contribution in [0.1, 0.15) is 31.2 Å². The van der Waals surface area contributed by atoms with Crippen molar-refractivity contribution in [3.8, 4) is 0 Å². The molecule has 2 heterocycles. The van der Waals surface area contributed by atoms with Gasteiger partial charge in [-0.2, -0.15) is 0 Å². The summed E-state index contributed by atoms with van der Waals surface area (Å²) in [6.07, 6.45) is 4.93. The molecule has 2 aromatic heterocycles. The minimum atomic E-state index is 0.227. The van der Waals surface area contributed by atoms with E-state index in [0.717, 1.165) is 23.3 Å². The largest absolute Gasteiger partial charge is 0.348 e. The van der Waals surface area contributed by atoms with Crippen LogP contribution in [0.25, 0.3) is 0 Å². The van der Waals surface area contributed by atoms with Crippen LogP contribution in [0.3, 0.4) is 0 Å². The maximum atomic E-state index is 5.94. The van der Waals surface area contributed by atoms with Crippen molar-refractivity contribution in [2.45, 2.75) is 32.9 Å². The number of rotatable bonds is 5. The lowest BCUT2D eigenvalue weighted by molar-refractivity contribution is 0.675. The molecule has 5 heteroatoms. The van der Waals surface area contributed by atoms with Crippen LogP contribution in [0.2, 0.25) is 4.34 Å². The van der Waals surface area contributed by atoms with Gasteiger partial charge in [-0.05, 0) is 25.5 Å². The summed E-state index contributed by atoms with van der Waals surface area (Å²) in [7, 11) is 0. The van der Waals surface area contributed by atoms with Gasteiger partial charge in [0.25, 0.3) is 0 Å². The molecule has 0 saturated heterocycles. The van der Waals surface area contributed by atoms with Crippen molar-refractivity contribution in [2.75, 3.05) is 5.32 Å². The quantitative estimate of drug-likeness (QED) is 0.882. The van der Waals surface area contributed by atoms with Gasteiger partial charge >= 0.3 is 0 Å². The van der Waals surface area contributed by atoms with Crippen LogP contribution in [0.4, 0.5) is 5.95 Å². The predicted molar refractivity (Wildman–Crippen MR) is 73.9 cm³/mol. The number of nitrogens with one attached hydrogen (secondary N) is 1. The first-order valence-electron chi connectivity index (χ1n) is 5.73. The Kier molecular flexibility index (Phi) is 4.07. The third kappa shape index (κ3) is 3.01. The van der Waals surface area contributed by atoms with Crippen molar-refractivity contribution < 1.29 is 0 Å². The highest BCUT2D eigenvalue weighted by atomic mass is 35.5. The zero-order valence-corrected chi connectivity index (χ0v) is 11.6. The fourth-order valence-electron chi connectivity index (χ4n) is 1.70. The second kappa shape index (κ2) is 5.56. The topological polar surface area (TPSA) is 29.9 Å². The van der Waals surface area contributed by atoms with E-state index < -0.39 is 0 Å². The maximum absolute atomic E-state index is 5.94. The summed E-state index contributed by atoms with van der Waals surface area (Å²) in [5.74, 6) is 0.920. The molecule has 0 aliphatic heterocycles. The van der Waals surface area contributed by atoms with Gasteiger partial charge in [0.1, 0.15) is 0 Å². The third-order valence-corrected chi connectivity index (χ3v) is 3.96. The van der Waals surface area contributed by atoms with E-state index in [9.17, 15) is 0 Å². The number of halogens is 1. The van der Waals surface area contributed by atoms with E-state index in [0.29, 0.717) is 0 Å². The first-order valence-corrected chi connectivity index (χ1v) is 6.93. The molecule has 1 N–H and O–H groups in total. The molecule has 3 nitrogen and oxygen atoms in total. The molecule has 0 aromatic carbocycles. The summed E-state index contributed by atoms with van der Waals surface area (Å²) in [5.41, 5.74) is 0. The lowest BCUT2D eigenvalue weighted by atomic mass is 10.3. The Morgan fingerprint density at radius 1 is 1.53 bits per heavy atom. The van der Waals surface area contributed by atoms with Crippen molar-refractivity contribution in [2.24, 2.45) is 0 Å². The van der Waals surface area contributed by atoms with E-state index in [-0.39, 0.29) is 6.04 Å². The van der Waals surface area contributed by atoms with E-state index in [1.807, 2.05) is 18.5 Å². The monoisotopic (exact) mass is 269 g/mol. The smallest absolute Gasteiger partial charge is 0.203 e. The maximum Gasteiger partial charge on any atom is 0.203 e. The van der Waals surface area contributed by atoms with Crippen molar-refractivity contribution in [3.63, 3.8) is 0 Å². The van der Waals surface area contributed by atoms with E-state index >= 15 is 0 Å². The summed E-state index contributed by atoms with van der Waals surface area (Å²) in [5, 5.41) is 3.41. The molecule has 0 radical (unpaired) electrons.